The van der Waals surface area contributed by atoms with Crippen LogP contribution in [-0.2, 0) is 19.8 Å². The van der Waals surface area contributed by atoms with Crippen LogP contribution in [0.5, 0.6) is 0 Å². The number of likely N-dealkylation sites (tertiary alicyclic amines) is 1. The van der Waals surface area contributed by atoms with E-state index in [4.69, 9.17) is 5.14 Å². The molecule has 148 valence electrons. The topological polar surface area (TPSA) is 153 Å². The molecule has 1 amide bonds. The van der Waals surface area contributed by atoms with Gasteiger partial charge in [-0.05, 0) is 18.9 Å². The summed E-state index contributed by atoms with van der Waals surface area (Å²) >= 11 is 0. The Morgan fingerprint density at radius 2 is 1.96 bits per heavy atom. The monoisotopic (exact) mass is 390 g/mol. The highest BCUT2D eigenvalue weighted by atomic mass is 32.2. The lowest BCUT2D eigenvalue weighted by molar-refractivity contribution is -0.140. The molecule has 0 unspecified atom stereocenters. The first-order chi connectivity index (χ1) is 11.9. The van der Waals surface area contributed by atoms with Gasteiger partial charge in [0, 0.05) is 44.6 Å². The van der Waals surface area contributed by atoms with Crippen molar-refractivity contribution in [1.29, 1.82) is 0 Å². The van der Waals surface area contributed by atoms with Crippen LogP contribution >= 0.6 is 0 Å². The number of amides is 1. The van der Waals surface area contributed by atoms with Crippen LogP contribution in [0.2, 0.25) is 0 Å². The predicted octanol–water partition coefficient (Wildman–Crippen LogP) is -1.56. The van der Waals surface area contributed by atoms with E-state index in [-0.39, 0.29) is 30.0 Å². The van der Waals surface area contributed by atoms with Crippen LogP contribution in [0.3, 0.4) is 0 Å². The maximum atomic E-state index is 12.1. The Morgan fingerprint density at radius 3 is 2.38 bits per heavy atom. The van der Waals surface area contributed by atoms with E-state index in [1.165, 1.54) is 11.8 Å². The van der Waals surface area contributed by atoms with E-state index in [9.17, 15) is 28.2 Å². The van der Waals surface area contributed by atoms with Gasteiger partial charge in [-0.1, -0.05) is 6.92 Å². The Morgan fingerprint density at radius 1 is 1.38 bits per heavy atom. The summed E-state index contributed by atoms with van der Waals surface area (Å²) in [6, 6.07) is -0.735. The van der Waals surface area contributed by atoms with Gasteiger partial charge in [-0.3, -0.25) is 9.69 Å². The van der Waals surface area contributed by atoms with Crippen molar-refractivity contribution >= 4 is 22.1 Å². The van der Waals surface area contributed by atoms with E-state index in [1.54, 1.807) is 6.92 Å². The molecule has 0 spiro atoms. The molecule has 1 fully saturated rings. The van der Waals surface area contributed by atoms with Crippen molar-refractivity contribution in [2.75, 3.05) is 19.6 Å². The number of hydrogen-bond donors (Lipinski definition) is 4. The first-order valence-corrected chi connectivity index (χ1v) is 9.92. The average molecular weight is 390 g/mol. The van der Waals surface area contributed by atoms with Crippen LogP contribution in [0.25, 0.3) is 0 Å². The predicted molar refractivity (Wildman–Crippen MR) is 92.9 cm³/mol. The second kappa shape index (κ2) is 7.61. The lowest BCUT2D eigenvalue weighted by Gasteiger charge is -2.39. The molecule has 0 aromatic heterocycles. The zero-order chi connectivity index (χ0) is 19.8. The summed E-state index contributed by atoms with van der Waals surface area (Å²) in [5.74, 6) is -1.80. The molecule has 0 aliphatic carbocycles. The molecule has 0 bridgehead atoms. The van der Waals surface area contributed by atoms with E-state index in [0.29, 0.717) is 25.2 Å². The molecule has 11 heteroatoms. The molecule has 26 heavy (non-hydrogen) atoms. The van der Waals surface area contributed by atoms with E-state index in [1.807, 2.05) is 11.8 Å². The normalized spacial score (nSPS) is 26.1. The SMILES string of the molecule is CC(=O)N1C(C(=O)O)=C(CN2CC(NS(N)(=O)=O)C2)[C@H](C)[C@@H]1C[C@@H](C)O. The van der Waals surface area contributed by atoms with E-state index < -0.39 is 28.3 Å². The minimum Gasteiger partial charge on any atom is -0.477 e. The highest BCUT2D eigenvalue weighted by Gasteiger charge is 2.44. The van der Waals surface area contributed by atoms with Gasteiger partial charge >= 0.3 is 5.97 Å². The molecule has 0 radical (unpaired) electrons. The Hall–Kier alpha value is -1.53. The number of rotatable bonds is 7. The van der Waals surface area contributed by atoms with Crippen LogP contribution in [0, 0.1) is 5.92 Å². The smallest absolute Gasteiger partial charge is 0.352 e. The average Bonchev–Trinajstić information content (AvgIpc) is 2.68. The van der Waals surface area contributed by atoms with Crippen LogP contribution in [0.15, 0.2) is 11.3 Å². The zero-order valence-corrected chi connectivity index (χ0v) is 15.9. The number of nitrogens with two attached hydrogens (primary N) is 1. The largest absolute Gasteiger partial charge is 0.477 e. The van der Waals surface area contributed by atoms with E-state index >= 15 is 0 Å². The lowest BCUT2D eigenvalue weighted by Crippen LogP contribution is -2.60. The number of nitrogens with one attached hydrogen (secondary N) is 1. The first kappa shape index (κ1) is 20.8. The summed E-state index contributed by atoms with van der Waals surface area (Å²) in [5, 5.41) is 24.3. The van der Waals surface area contributed by atoms with Crippen molar-refractivity contribution < 1.29 is 28.2 Å². The third-order valence-corrected chi connectivity index (χ3v) is 5.47. The molecule has 2 aliphatic rings. The summed E-state index contributed by atoms with van der Waals surface area (Å²) in [7, 11) is -3.78. The second-order valence-electron chi connectivity index (χ2n) is 7.06. The number of carboxylic acid groups (broad SMARTS) is 1. The van der Waals surface area contributed by atoms with Gasteiger partial charge < -0.3 is 15.1 Å². The van der Waals surface area contributed by atoms with Crippen molar-refractivity contribution in [3.63, 3.8) is 0 Å². The van der Waals surface area contributed by atoms with Crippen molar-refractivity contribution in [3.05, 3.63) is 11.3 Å². The van der Waals surface area contributed by atoms with Gasteiger partial charge in [0.1, 0.15) is 5.70 Å². The fourth-order valence-corrected chi connectivity index (χ4v) is 4.36. The quantitative estimate of drug-likeness (QED) is 0.410. The maximum Gasteiger partial charge on any atom is 0.352 e. The first-order valence-electron chi connectivity index (χ1n) is 8.37. The molecule has 3 atom stereocenters. The van der Waals surface area contributed by atoms with Crippen molar-refractivity contribution in [2.24, 2.45) is 11.1 Å². The molecule has 0 aromatic rings. The highest BCUT2D eigenvalue weighted by Crippen LogP contribution is 2.37. The van der Waals surface area contributed by atoms with Gasteiger partial charge in [0.25, 0.3) is 10.2 Å². The second-order valence-corrected chi connectivity index (χ2v) is 8.39. The third kappa shape index (κ3) is 4.60. The molecule has 2 heterocycles. The summed E-state index contributed by atoms with van der Waals surface area (Å²) in [6.45, 7) is 5.87. The summed E-state index contributed by atoms with van der Waals surface area (Å²) < 4.78 is 24.4. The van der Waals surface area contributed by atoms with Crippen LogP contribution < -0.4 is 9.86 Å². The molecule has 2 rings (SSSR count). The summed E-state index contributed by atoms with van der Waals surface area (Å²) in [6.07, 6.45) is -0.401. The maximum absolute atomic E-state index is 12.1. The van der Waals surface area contributed by atoms with Crippen LogP contribution in [-0.4, -0.2) is 78.1 Å². The van der Waals surface area contributed by atoms with Gasteiger partial charge in [0.2, 0.25) is 5.91 Å². The summed E-state index contributed by atoms with van der Waals surface area (Å²) in [5.41, 5.74) is 0.561. The highest BCUT2D eigenvalue weighted by molar-refractivity contribution is 7.87. The molecule has 10 nitrogen and oxygen atoms in total. The van der Waals surface area contributed by atoms with Gasteiger partial charge in [0.05, 0.1) is 6.10 Å². The number of aliphatic hydroxyl groups is 1. The molecule has 2 aliphatic heterocycles. The Kier molecular flexibility index (Phi) is 6.08. The number of aliphatic carboxylic acids is 1. The van der Waals surface area contributed by atoms with Crippen LogP contribution in [0.4, 0.5) is 0 Å². The Balaban J connectivity index is 2.18. The Bertz CT molecular complexity index is 714. The van der Waals surface area contributed by atoms with E-state index in [2.05, 4.69) is 4.72 Å². The number of carbonyl (C=O) groups excluding carboxylic acids is 1. The van der Waals surface area contributed by atoms with E-state index in [0.717, 1.165) is 0 Å². The standard InChI is InChI=1S/C15H26N4O6S/c1-8(20)4-13-9(2)12(14(15(22)23)19(13)10(3)21)7-18-5-11(6-18)17-26(16,24)25/h8-9,11,13,17,20H,4-7H2,1-3H3,(H,22,23)(H2,16,24,25)/t8-,9+,13+/m1/s1. The molecule has 0 saturated carbocycles. The third-order valence-electron chi connectivity index (χ3n) is 4.81. The van der Waals surface area contributed by atoms with Gasteiger partial charge in [0.15, 0.2) is 0 Å². The number of carboxylic acids is 1. The zero-order valence-electron chi connectivity index (χ0n) is 15.0. The van der Waals surface area contributed by atoms with Gasteiger partial charge in [-0.15, -0.1) is 0 Å². The number of carbonyl (C=O) groups is 2. The number of aliphatic hydroxyl groups excluding tert-OH is 1. The van der Waals surface area contributed by atoms with Crippen molar-refractivity contribution in [1.82, 2.24) is 14.5 Å². The van der Waals surface area contributed by atoms with Crippen molar-refractivity contribution in [3.8, 4) is 0 Å². The molecule has 1 saturated heterocycles. The minimum absolute atomic E-state index is 0.0431. The number of nitrogens with zero attached hydrogens (tertiary/aromatic N) is 2. The van der Waals surface area contributed by atoms with Gasteiger partial charge in [-0.25, -0.2) is 9.93 Å². The van der Waals surface area contributed by atoms with Crippen LogP contribution in [0.1, 0.15) is 27.2 Å². The fourth-order valence-electron chi connectivity index (χ4n) is 3.75. The minimum atomic E-state index is -3.78. The summed E-state index contributed by atoms with van der Waals surface area (Å²) in [4.78, 5) is 27.0. The lowest BCUT2D eigenvalue weighted by atomic mass is 9.91. The molecular formula is C15H26N4O6S. The van der Waals surface area contributed by atoms with Crippen molar-refractivity contribution in [2.45, 2.75) is 45.4 Å². The molecule has 5 N–H and O–H groups in total. The fraction of sp³-hybridized carbons (Fsp3) is 0.733. The van der Waals surface area contributed by atoms with Gasteiger partial charge in [-0.2, -0.15) is 13.1 Å². The number of hydrogen-bond acceptors (Lipinski definition) is 6. The molecular weight excluding hydrogens is 364 g/mol. The molecule has 0 aromatic carbocycles. The Labute approximate surface area is 152 Å².